The first-order valence-corrected chi connectivity index (χ1v) is 12.1. The minimum absolute atomic E-state index is 0.102. The smallest absolute Gasteiger partial charge is 0.311 e. The molecule has 0 saturated heterocycles. The minimum Gasteiger partial charge on any atom is -0.424 e. The van der Waals surface area contributed by atoms with Gasteiger partial charge in [0.05, 0.1) is 5.52 Å². The van der Waals surface area contributed by atoms with Crippen LogP contribution >= 0.6 is 0 Å². The number of fused-ring (bicyclic) bond motifs is 2. The molecule has 0 saturated carbocycles. The lowest BCUT2D eigenvalue weighted by molar-refractivity contribution is -0.134. The van der Waals surface area contributed by atoms with E-state index in [-0.39, 0.29) is 23.2 Å². The van der Waals surface area contributed by atoms with Gasteiger partial charge >= 0.3 is 5.97 Å². The molecule has 0 aliphatic rings. The maximum absolute atomic E-state index is 13.9. The fourth-order valence-electron chi connectivity index (χ4n) is 4.07. The van der Waals surface area contributed by atoms with Gasteiger partial charge in [-0.1, -0.05) is 55.5 Å². The summed E-state index contributed by atoms with van der Waals surface area (Å²) in [5.41, 5.74) is 1.58. The van der Waals surface area contributed by atoms with Crippen molar-refractivity contribution >= 4 is 32.1 Å². The van der Waals surface area contributed by atoms with Crippen molar-refractivity contribution in [3.05, 3.63) is 90.6 Å². The quantitative estimate of drug-likeness (QED) is 0.265. The first-order chi connectivity index (χ1) is 15.4. The van der Waals surface area contributed by atoms with Gasteiger partial charge in [-0.05, 0) is 47.9 Å². The Balaban J connectivity index is 1.88. The number of carbonyl (C=O) groups excluding carboxylic acids is 1. The highest BCUT2D eigenvalue weighted by atomic mass is 32.2. The van der Waals surface area contributed by atoms with Crippen molar-refractivity contribution in [2.45, 2.75) is 37.0 Å². The second-order valence-electron chi connectivity index (χ2n) is 7.75. The highest BCUT2D eigenvalue weighted by molar-refractivity contribution is 7.91. The van der Waals surface area contributed by atoms with Crippen molar-refractivity contribution in [3.8, 4) is 5.75 Å². The predicted molar refractivity (Wildman–Crippen MR) is 127 cm³/mol. The summed E-state index contributed by atoms with van der Waals surface area (Å²) in [5.74, 6) is -0.102. The highest BCUT2D eigenvalue weighted by Gasteiger charge is 2.33. The van der Waals surface area contributed by atoms with Crippen LogP contribution in [-0.4, -0.2) is 18.8 Å². The van der Waals surface area contributed by atoms with E-state index in [9.17, 15) is 13.2 Å². The molecule has 1 unspecified atom stereocenters. The molecule has 0 aliphatic heterocycles. The Bertz CT molecular complexity index is 1430. The zero-order valence-electron chi connectivity index (χ0n) is 18.1. The van der Waals surface area contributed by atoms with E-state index in [1.54, 1.807) is 35.7 Å². The first kappa shape index (κ1) is 21.8. The molecule has 5 nitrogen and oxygen atoms in total. The molecule has 0 aliphatic carbocycles. The Hall–Kier alpha value is -3.38. The van der Waals surface area contributed by atoms with Gasteiger partial charge in [-0.25, -0.2) is 8.42 Å². The van der Waals surface area contributed by atoms with Crippen LogP contribution in [0.4, 0.5) is 0 Å². The Morgan fingerprint density at radius 2 is 1.81 bits per heavy atom. The molecule has 4 aromatic rings. The summed E-state index contributed by atoms with van der Waals surface area (Å²) < 4.78 is 35.0. The van der Waals surface area contributed by atoms with Gasteiger partial charge in [0.1, 0.15) is 10.3 Å². The van der Waals surface area contributed by atoms with Gasteiger partial charge in [0.2, 0.25) is 9.84 Å². The number of carbonyl (C=O) groups is 1. The van der Waals surface area contributed by atoms with Crippen molar-refractivity contribution in [3.63, 3.8) is 0 Å². The van der Waals surface area contributed by atoms with Gasteiger partial charge in [0.15, 0.2) is 5.75 Å². The SMILES string of the molecule is C=CC(c1ccc2ccccc2c1)S(=O)(=O)c1c(C)c(OC(=O)CCC)c2ccccn12. The predicted octanol–water partition coefficient (Wildman–Crippen LogP) is 5.81. The molecule has 4 rings (SSSR count). The molecule has 0 N–H and O–H groups in total. The summed E-state index contributed by atoms with van der Waals surface area (Å²) in [6, 6.07) is 18.7. The molecule has 0 radical (unpaired) electrons. The van der Waals surface area contributed by atoms with Crippen LogP contribution < -0.4 is 4.74 Å². The van der Waals surface area contributed by atoms with Crippen molar-refractivity contribution in [1.82, 2.24) is 4.40 Å². The first-order valence-electron chi connectivity index (χ1n) is 10.5. The van der Waals surface area contributed by atoms with Crippen molar-refractivity contribution < 1.29 is 17.9 Å². The van der Waals surface area contributed by atoms with Crippen LogP contribution in [0.5, 0.6) is 5.75 Å². The van der Waals surface area contributed by atoms with Crippen molar-refractivity contribution in [2.24, 2.45) is 0 Å². The summed E-state index contributed by atoms with van der Waals surface area (Å²) in [7, 11) is -3.90. The third kappa shape index (κ3) is 3.71. The van der Waals surface area contributed by atoms with Gasteiger partial charge in [-0.15, -0.1) is 6.58 Å². The van der Waals surface area contributed by atoms with Crippen LogP contribution in [0.25, 0.3) is 16.3 Å². The third-order valence-corrected chi connectivity index (χ3v) is 7.74. The number of ether oxygens (including phenoxy) is 1. The van der Waals surface area contributed by atoms with Gasteiger partial charge in [0.25, 0.3) is 0 Å². The zero-order valence-corrected chi connectivity index (χ0v) is 18.9. The lowest BCUT2D eigenvalue weighted by atomic mass is 10.1. The molecule has 0 fully saturated rings. The molecule has 2 aromatic carbocycles. The van der Waals surface area contributed by atoms with Crippen LogP contribution in [0.3, 0.4) is 0 Å². The monoisotopic (exact) mass is 447 g/mol. The molecular formula is C26H25NO4S. The van der Waals surface area contributed by atoms with Gasteiger partial charge in [-0.2, -0.15) is 0 Å². The standard InChI is InChI=1S/C26H25NO4S/c1-4-10-24(28)31-25-18(3)26(27-16-9-8-13-22(25)27)32(29,30)23(5-2)21-15-14-19-11-6-7-12-20(19)17-21/h5-9,11-17,23H,2,4,10H2,1,3H3. The van der Waals surface area contributed by atoms with Crippen LogP contribution in [0.15, 0.2) is 84.5 Å². The lowest BCUT2D eigenvalue weighted by Gasteiger charge is -2.16. The van der Waals surface area contributed by atoms with Crippen molar-refractivity contribution in [1.29, 1.82) is 0 Å². The average molecular weight is 448 g/mol. The molecular weight excluding hydrogens is 422 g/mol. The Labute approximate surface area is 187 Å². The number of nitrogens with zero attached hydrogens (tertiary/aromatic N) is 1. The summed E-state index contributed by atoms with van der Waals surface area (Å²) >= 11 is 0. The summed E-state index contributed by atoms with van der Waals surface area (Å²) in [6.07, 6.45) is 4.03. The van der Waals surface area contributed by atoms with E-state index in [1.807, 2.05) is 49.4 Å². The van der Waals surface area contributed by atoms with E-state index in [4.69, 9.17) is 4.74 Å². The number of rotatable bonds is 7. The van der Waals surface area contributed by atoms with E-state index in [0.29, 0.717) is 23.1 Å². The molecule has 2 heterocycles. The van der Waals surface area contributed by atoms with E-state index in [0.717, 1.165) is 10.8 Å². The van der Waals surface area contributed by atoms with E-state index < -0.39 is 15.1 Å². The third-order valence-electron chi connectivity index (χ3n) is 5.56. The second kappa shape index (κ2) is 8.63. The molecule has 0 spiro atoms. The number of aromatic nitrogens is 1. The van der Waals surface area contributed by atoms with Crippen LogP contribution in [-0.2, 0) is 14.6 Å². The molecule has 6 heteroatoms. The maximum Gasteiger partial charge on any atom is 0.311 e. The molecule has 164 valence electrons. The Morgan fingerprint density at radius 3 is 2.53 bits per heavy atom. The number of sulfone groups is 1. The summed E-state index contributed by atoms with van der Waals surface area (Å²) in [6.45, 7) is 7.39. The lowest BCUT2D eigenvalue weighted by Crippen LogP contribution is -2.15. The van der Waals surface area contributed by atoms with Gasteiger partial charge in [0, 0.05) is 18.2 Å². The van der Waals surface area contributed by atoms with Crippen LogP contribution in [0, 0.1) is 6.92 Å². The average Bonchev–Trinajstić information content (AvgIpc) is 3.06. The molecule has 0 amide bonds. The minimum atomic E-state index is -3.90. The summed E-state index contributed by atoms with van der Waals surface area (Å²) in [4.78, 5) is 12.2. The maximum atomic E-state index is 13.9. The molecule has 2 aromatic heterocycles. The van der Waals surface area contributed by atoms with Gasteiger partial charge in [-0.3, -0.25) is 4.79 Å². The van der Waals surface area contributed by atoms with E-state index >= 15 is 0 Å². The largest absolute Gasteiger partial charge is 0.424 e. The fraction of sp³-hybridized carbons (Fsp3) is 0.192. The van der Waals surface area contributed by atoms with Gasteiger partial charge < -0.3 is 9.14 Å². The number of hydrogen-bond acceptors (Lipinski definition) is 4. The fourth-order valence-corrected chi connectivity index (χ4v) is 6.02. The summed E-state index contributed by atoms with van der Waals surface area (Å²) in [5, 5.41) is 1.14. The molecule has 32 heavy (non-hydrogen) atoms. The molecule has 1 atom stereocenters. The van der Waals surface area contributed by atoms with E-state index in [1.165, 1.54) is 6.08 Å². The Kier molecular flexibility index (Phi) is 5.89. The topological polar surface area (TPSA) is 64.9 Å². The molecule has 0 bridgehead atoms. The number of esters is 1. The van der Waals surface area contributed by atoms with E-state index in [2.05, 4.69) is 6.58 Å². The van der Waals surface area contributed by atoms with Crippen LogP contribution in [0.1, 0.15) is 36.1 Å². The van der Waals surface area contributed by atoms with Crippen LogP contribution in [0.2, 0.25) is 0 Å². The zero-order chi connectivity index (χ0) is 22.9. The van der Waals surface area contributed by atoms with Crippen molar-refractivity contribution in [2.75, 3.05) is 0 Å². The number of hydrogen-bond donors (Lipinski definition) is 0. The second-order valence-corrected chi connectivity index (χ2v) is 9.73. The number of pyridine rings is 1. The highest BCUT2D eigenvalue weighted by Crippen LogP contribution is 2.39. The normalized spacial score (nSPS) is 12.7. The Morgan fingerprint density at radius 1 is 1.09 bits per heavy atom. The number of benzene rings is 2.